The minimum Gasteiger partial charge on any atom is -0.496 e. The van der Waals surface area contributed by atoms with E-state index >= 15 is 0 Å². The number of hydrogen-bond donors (Lipinski definition) is 0. The molecule has 0 aliphatic carbocycles. The molecule has 1 unspecified atom stereocenters. The van der Waals surface area contributed by atoms with E-state index in [4.69, 9.17) is 14.8 Å². The second-order valence-electron chi connectivity index (χ2n) is 7.86. The van der Waals surface area contributed by atoms with Crippen molar-refractivity contribution in [2.24, 2.45) is 0 Å². The van der Waals surface area contributed by atoms with Crippen LogP contribution in [0, 0.1) is 5.82 Å². The Bertz CT molecular complexity index is 1270. The van der Waals surface area contributed by atoms with Gasteiger partial charge in [-0.15, -0.1) is 0 Å². The van der Waals surface area contributed by atoms with E-state index in [1.165, 1.54) is 12.1 Å². The number of nitrogens with zero attached hydrogens (tertiary/aromatic N) is 5. The van der Waals surface area contributed by atoms with Crippen LogP contribution < -0.4 is 4.74 Å². The number of carbonyl (C=O) groups excluding carboxylic acids is 1. The second-order valence-corrected chi connectivity index (χ2v) is 7.86. The fourth-order valence-corrected chi connectivity index (χ4v) is 4.19. The van der Waals surface area contributed by atoms with Crippen molar-refractivity contribution in [1.82, 2.24) is 24.5 Å². The molecule has 1 aliphatic heterocycles. The van der Waals surface area contributed by atoms with Gasteiger partial charge >= 0.3 is 0 Å². The minimum atomic E-state index is -0.332. The van der Waals surface area contributed by atoms with Crippen LogP contribution in [-0.4, -0.2) is 50.6 Å². The van der Waals surface area contributed by atoms with Crippen LogP contribution in [0.4, 0.5) is 4.39 Å². The van der Waals surface area contributed by atoms with E-state index in [9.17, 15) is 9.18 Å². The number of ether oxygens (including phenoxy) is 1. The number of amides is 1. The van der Waals surface area contributed by atoms with E-state index in [1.54, 1.807) is 42.2 Å². The second kappa shape index (κ2) is 8.37. The fourth-order valence-electron chi connectivity index (χ4n) is 4.19. The predicted molar refractivity (Wildman–Crippen MR) is 117 cm³/mol. The van der Waals surface area contributed by atoms with Crippen molar-refractivity contribution < 1.29 is 13.9 Å². The van der Waals surface area contributed by atoms with Gasteiger partial charge in [-0.1, -0.05) is 0 Å². The van der Waals surface area contributed by atoms with Crippen LogP contribution in [0.1, 0.15) is 34.9 Å². The summed E-state index contributed by atoms with van der Waals surface area (Å²) in [4.78, 5) is 23.4. The number of hydrogen-bond acceptors (Lipinski definition) is 5. The average Bonchev–Trinajstić information content (AvgIpc) is 3.28. The topological polar surface area (TPSA) is 72.6 Å². The molecule has 4 heterocycles. The molecular weight excluding hydrogens is 409 g/mol. The largest absolute Gasteiger partial charge is 0.496 e. The minimum absolute atomic E-state index is 0.00125. The average molecular weight is 431 g/mol. The molecule has 4 aromatic rings. The van der Waals surface area contributed by atoms with Gasteiger partial charge in [0.05, 0.1) is 7.11 Å². The van der Waals surface area contributed by atoms with Gasteiger partial charge in [-0.3, -0.25) is 9.78 Å². The maximum Gasteiger partial charge on any atom is 0.253 e. The van der Waals surface area contributed by atoms with Crippen LogP contribution >= 0.6 is 0 Å². The molecule has 0 N–H and O–H groups in total. The Morgan fingerprint density at radius 3 is 2.81 bits per heavy atom. The monoisotopic (exact) mass is 431 g/mol. The molecule has 162 valence electrons. The number of halogens is 1. The molecule has 0 radical (unpaired) electrons. The van der Waals surface area contributed by atoms with Gasteiger partial charge < -0.3 is 9.64 Å². The number of rotatable bonds is 4. The molecule has 1 aromatic carbocycles. The lowest BCUT2D eigenvalue weighted by Crippen LogP contribution is -2.39. The zero-order valence-electron chi connectivity index (χ0n) is 17.6. The lowest BCUT2D eigenvalue weighted by molar-refractivity contribution is 0.0704. The first-order valence-corrected chi connectivity index (χ1v) is 10.5. The Morgan fingerprint density at radius 2 is 2.00 bits per heavy atom. The summed E-state index contributed by atoms with van der Waals surface area (Å²) >= 11 is 0. The third kappa shape index (κ3) is 3.79. The molecule has 1 amide bonds. The molecule has 0 spiro atoms. The zero-order valence-corrected chi connectivity index (χ0v) is 17.6. The van der Waals surface area contributed by atoms with Crippen molar-refractivity contribution in [3.05, 3.63) is 78.3 Å². The molecule has 0 bridgehead atoms. The smallest absolute Gasteiger partial charge is 0.253 e. The van der Waals surface area contributed by atoms with E-state index in [0.29, 0.717) is 41.4 Å². The summed E-state index contributed by atoms with van der Waals surface area (Å²) < 4.78 is 20.9. The first-order chi connectivity index (χ1) is 15.6. The number of pyridine rings is 2. The summed E-state index contributed by atoms with van der Waals surface area (Å²) in [6.45, 7) is 1.29. The van der Waals surface area contributed by atoms with Crippen molar-refractivity contribution in [2.75, 3.05) is 20.2 Å². The van der Waals surface area contributed by atoms with Gasteiger partial charge in [-0.2, -0.15) is 5.10 Å². The lowest BCUT2D eigenvalue weighted by atomic mass is 9.97. The van der Waals surface area contributed by atoms with Crippen LogP contribution in [0.5, 0.6) is 5.75 Å². The molecule has 1 saturated heterocycles. The Balaban J connectivity index is 1.42. The van der Waals surface area contributed by atoms with Crippen molar-refractivity contribution in [2.45, 2.75) is 18.8 Å². The lowest BCUT2D eigenvalue weighted by Gasteiger charge is -2.31. The van der Waals surface area contributed by atoms with Gasteiger partial charge in [0.25, 0.3) is 5.91 Å². The van der Waals surface area contributed by atoms with Crippen molar-refractivity contribution in [3.8, 4) is 16.9 Å². The van der Waals surface area contributed by atoms with Gasteiger partial charge in [0.1, 0.15) is 11.6 Å². The van der Waals surface area contributed by atoms with Crippen LogP contribution in [-0.2, 0) is 0 Å². The summed E-state index contributed by atoms with van der Waals surface area (Å²) in [5.41, 5.74) is 2.77. The molecule has 1 atom stereocenters. The van der Waals surface area contributed by atoms with Crippen molar-refractivity contribution >= 4 is 11.6 Å². The molecule has 1 fully saturated rings. The molecule has 3 aromatic heterocycles. The first kappa shape index (κ1) is 20.1. The molecule has 1 aliphatic rings. The highest BCUT2D eigenvalue weighted by molar-refractivity contribution is 5.94. The maximum atomic E-state index is 13.8. The molecule has 8 heteroatoms. The highest BCUT2D eigenvalue weighted by Crippen LogP contribution is 2.31. The quantitative estimate of drug-likeness (QED) is 0.489. The number of carbonyl (C=O) groups is 1. The van der Waals surface area contributed by atoms with Crippen LogP contribution in [0.3, 0.4) is 0 Å². The SMILES string of the molecule is COc1ccc(F)cc1-c1ccc2nc(C3CCCN(C(=O)c4ccncc4)C3)nn2c1. The number of fused-ring (bicyclic) bond motifs is 1. The Labute approximate surface area is 184 Å². The van der Waals surface area contributed by atoms with Crippen LogP contribution in [0.15, 0.2) is 61.1 Å². The van der Waals surface area contributed by atoms with Crippen molar-refractivity contribution in [3.63, 3.8) is 0 Å². The summed E-state index contributed by atoms with van der Waals surface area (Å²) in [7, 11) is 1.56. The van der Waals surface area contributed by atoms with Crippen LogP contribution in [0.25, 0.3) is 16.8 Å². The molecular formula is C24H22FN5O2. The zero-order chi connectivity index (χ0) is 22.1. The van der Waals surface area contributed by atoms with Gasteiger partial charge in [-0.05, 0) is 55.3 Å². The number of benzene rings is 1. The van der Waals surface area contributed by atoms with E-state index in [0.717, 1.165) is 18.4 Å². The maximum absolute atomic E-state index is 13.8. The highest BCUT2D eigenvalue weighted by Gasteiger charge is 2.28. The highest BCUT2D eigenvalue weighted by atomic mass is 19.1. The number of likely N-dealkylation sites (tertiary alicyclic amines) is 1. The van der Waals surface area contributed by atoms with E-state index in [1.807, 2.05) is 23.2 Å². The molecule has 32 heavy (non-hydrogen) atoms. The summed E-state index contributed by atoms with van der Waals surface area (Å²) in [6, 6.07) is 11.6. The van der Waals surface area contributed by atoms with Gasteiger partial charge in [0.2, 0.25) is 0 Å². The van der Waals surface area contributed by atoms with Gasteiger partial charge in [0.15, 0.2) is 11.5 Å². The van der Waals surface area contributed by atoms with Gasteiger partial charge in [-0.25, -0.2) is 13.9 Å². The van der Waals surface area contributed by atoms with Crippen LogP contribution in [0.2, 0.25) is 0 Å². The number of piperidine rings is 1. The molecule has 5 rings (SSSR count). The van der Waals surface area contributed by atoms with E-state index < -0.39 is 0 Å². The normalized spacial score (nSPS) is 16.3. The standard InChI is InChI=1S/C24H22FN5O2/c1-32-21-6-5-19(25)13-20(21)17-4-7-22-27-23(28-30(22)15-17)18-3-2-12-29(14-18)24(31)16-8-10-26-11-9-16/h4-11,13,15,18H,2-3,12,14H2,1H3. The number of methoxy groups -OCH3 is 1. The Morgan fingerprint density at radius 1 is 1.16 bits per heavy atom. The summed E-state index contributed by atoms with van der Waals surface area (Å²) in [6.07, 6.45) is 6.89. The Hall–Kier alpha value is -3.81. The molecule has 0 saturated carbocycles. The predicted octanol–water partition coefficient (Wildman–Crippen LogP) is 3.96. The third-order valence-electron chi connectivity index (χ3n) is 5.82. The van der Waals surface area contributed by atoms with E-state index in [2.05, 4.69) is 4.98 Å². The fraction of sp³-hybridized carbons (Fsp3) is 0.250. The van der Waals surface area contributed by atoms with Crippen molar-refractivity contribution in [1.29, 1.82) is 0 Å². The van der Waals surface area contributed by atoms with E-state index in [-0.39, 0.29) is 17.6 Å². The Kier molecular flexibility index (Phi) is 5.26. The van der Waals surface area contributed by atoms with Gasteiger partial charge in [0, 0.05) is 54.3 Å². The first-order valence-electron chi connectivity index (χ1n) is 10.5. The third-order valence-corrected chi connectivity index (χ3v) is 5.82. The summed E-state index contributed by atoms with van der Waals surface area (Å²) in [5.74, 6) is 1.02. The summed E-state index contributed by atoms with van der Waals surface area (Å²) in [5, 5.41) is 4.69. The molecule has 7 nitrogen and oxygen atoms in total. The number of aromatic nitrogens is 4.